The number of carbonyl (C=O) groups is 1. The lowest BCUT2D eigenvalue weighted by Crippen LogP contribution is -2.28. The molecular formula is C21H22FN3O4. The Hall–Kier alpha value is -3.23. The molecule has 0 unspecified atom stereocenters. The molecule has 3 rings (SSSR count). The first-order chi connectivity index (χ1) is 13.8. The quantitative estimate of drug-likeness (QED) is 0.635. The standard InChI is InChI=1S/C21H22FN3O4/c1-13(26)20-12-18(23-29-20)14-5-10-17(19(11-14)25(3)28-4)21(27)24(2)16-8-6-15(22)7-9-16/h5-13,26H,1-4H3/t13-/m1/s1. The van der Waals surface area contributed by atoms with Gasteiger partial charge in [-0.15, -0.1) is 0 Å². The first-order valence-corrected chi connectivity index (χ1v) is 8.92. The van der Waals surface area contributed by atoms with Crippen molar-refractivity contribution in [3.63, 3.8) is 0 Å². The van der Waals surface area contributed by atoms with Crippen molar-refractivity contribution in [2.45, 2.75) is 13.0 Å². The molecule has 0 radical (unpaired) electrons. The van der Waals surface area contributed by atoms with Gasteiger partial charge < -0.3 is 14.5 Å². The maximum absolute atomic E-state index is 13.2. The molecule has 3 aromatic rings. The van der Waals surface area contributed by atoms with Crippen LogP contribution in [0.5, 0.6) is 0 Å². The normalized spacial score (nSPS) is 11.9. The summed E-state index contributed by atoms with van der Waals surface area (Å²) in [5.74, 6) is -0.312. The van der Waals surface area contributed by atoms with E-state index in [1.165, 1.54) is 41.3 Å². The molecular weight excluding hydrogens is 377 g/mol. The van der Waals surface area contributed by atoms with E-state index in [9.17, 15) is 14.3 Å². The maximum Gasteiger partial charge on any atom is 0.260 e. The van der Waals surface area contributed by atoms with E-state index in [0.29, 0.717) is 34.0 Å². The summed E-state index contributed by atoms with van der Waals surface area (Å²) in [5, 5.41) is 15.1. The molecule has 7 nitrogen and oxygen atoms in total. The molecule has 0 saturated carbocycles. The maximum atomic E-state index is 13.2. The Bertz CT molecular complexity index is 1000. The van der Waals surface area contributed by atoms with Crippen LogP contribution in [0.15, 0.2) is 53.1 Å². The number of halogens is 1. The Morgan fingerprint density at radius 1 is 1.17 bits per heavy atom. The van der Waals surface area contributed by atoms with Crippen LogP contribution in [0.4, 0.5) is 15.8 Å². The van der Waals surface area contributed by atoms with Crippen LogP contribution in [0.3, 0.4) is 0 Å². The molecule has 0 fully saturated rings. The van der Waals surface area contributed by atoms with Crippen molar-refractivity contribution in [2.24, 2.45) is 0 Å². The van der Waals surface area contributed by atoms with Crippen molar-refractivity contribution in [1.29, 1.82) is 0 Å². The summed E-state index contributed by atoms with van der Waals surface area (Å²) in [5.41, 5.74) is 2.69. The molecule has 0 saturated heterocycles. The predicted molar refractivity (Wildman–Crippen MR) is 107 cm³/mol. The molecule has 0 bridgehead atoms. The fraction of sp³-hybridized carbons (Fsp3) is 0.238. The second kappa shape index (κ2) is 8.42. The second-order valence-corrected chi connectivity index (χ2v) is 6.54. The van der Waals surface area contributed by atoms with E-state index in [1.807, 2.05) is 0 Å². The van der Waals surface area contributed by atoms with Crippen LogP contribution < -0.4 is 9.96 Å². The van der Waals surface area contributed by atoms with Gasteiger partial charge >= 0.3 is 0 Å². The summed E-state index contributed by atoms with van der Waals surface area (Å²) in [7, 11) is 4.79. The summed E-state index contributed by atoms with van der Waals surface area (Å²) in [4.78, 5) is 19.8. The number of benzene rings is 2. The van der Waals surface area contributed by atoms with E-state index in [4.69, 9.17) is 9.36 Å². The minimum atomic E-state index is -0.775. The van der Waals surface area contributed by atoms with Crippen molar-refractivity contribution in [3.8, 4) is 11.3 Å². The van der Waals surface area contributed by atoms with Crippen molar-refractivity contribution < 1.29 is 23.7 Å². The molecule has 1 atom stereocenters. The van der Waals surface area contributed by atoms with Gasteiger partial charge in [-0.1, -0.05) is 11.2 Å². The van der Waals surface area contributed by atoms with Gasteiger partial charge in [-0.2, -0.15) is 0 Å². The summed E-state index contributed by atoms with van der Waals surface area (Å²) in [6.45, 7) is 1.58. The zero-order valence-electron chi connectivity index (χ0n) is 16.6. The lowest BCUT2D eigenvalue weighted by Gasteiger charge is -2.23. The number of amides is 1. The number of nitrogens with zero attached hydrogens (tertiary/aromatic N) is 3. The third-order valence-electron chi connectivity index (χ3n) is 4.60. The minimum absolute atomic E-state index is 0.285. The van der Waals surface area contributed by atoms with E-state index >= 15 is 0 Å². The Balaban J connectivity index is 1.99. The Kier molecular flexibility index (Phi) is 5.95. The third kappa shape index (κ3) is 4.28. The number of aromatic nitrogens is 1. The van der Waals surface area contributed by atoms with Gasteiger partial charge in [-0.25, -0.2) is 4.39 Å². The monoisotopic (exact) mass is 399 g/mol. The van der Waals surface area contributed by atoms with Gasteiger partial charge in [-0.3, -0.25) is 14.7 Å². The van der Waals surface area contributed by atoms with Crippen molar-refractivity contribution in [3.05, 3.63) is 65.7 Å². The van der Waals surface area contributed by atoms with Crippen LogP contribution in [-0.2, 0) is 4.84 Å². The van der Waals surface area contributed by atoms with Gasteiger partial charge in [0.1, 0.15) is 17.6 Å². The highest BCUT2D eigenvalue weighted by molar-refractivity contribution is 6.09. The van der Waals surface area contributed by atoms with Crippen LogP contribution in [0.1, 0.15) is 29.1 Å². The van der Waals surface area contributed by atoms with Crippen molar-refractivity contribution >= 4 is 17.3 Å². The van der Waals surface area contributed by atoms with E-state index < -0.39 is 6.10 Å². The van der Waals surface area contributed by atoms with Gasteiger partial charge in [0, 0.05) is 31.4 Å². The number of anilines is 2. The Morgan fingerprint density at radius 2 is 1.86 bits per heavy atom. The molecule has 0 aliphatic carbocycles. The molecule has 29 heavy (non-hydrogen) atoms. The number of carbonyl (C=O) groups excluding carboxylic acids is 1. The number of hydrogen-bond donors (Lipinski definition) is 1. The van der Waals surface area contributed by atoms with E-state index in [1.54, 1.807) is 45.3 Å². The predicted octanol–water partition coefficient (Wildman–Crippen LogP) is 3.81. The summed E-state index contributed by atoms with van der Waals surface area (Å²) < 4.78 is 18.3. The molecule has 8 heteroatoms. The third-order valence-corrected chi connectivity index (χ3v) is 4.60. The SMILES string of the molecule is CON(C)c1cc(-c2cc([C@@H](C)O)on2)ccc1C(=O)N(C)c1ccc(F)cc1. The summed E-state index contributed by atoms with van der Waals surface area (Å²) in [6.07, 6.45) is -0.775. The lowest BCUT2D eigenvalue weighted by molar-refractivity contribution is 0.0990. The molecule has 0 aliphatic heterocycles. The number of hydroxylamine groups is 1. The Labute approximate surface area is 167 Å². The molecule has 1 amide bonds. The smallest absolute Gasteiger partial charge is 0.260 e. The molecule has 1 heterocycles. The van der Waals surface area contributed by atoms with Gasteiger partial charge in [0.05, 0.1) is 18.4 Å². The number of aliphatic hydroxyl groups is 1. The first kappa shape index (κ1) is 20.5. The highest BCUT2D eigenvalue weighted by atomic mass is 19.1. The van der Waals surface area contributed by atoms with Crippen LogP contribution in [0.2, 0.25) is 0 Å². The number of aliphatic hydroxyl groups excluding tert-OH is 1. The molecule has 0 spiro atoms. The fourth-order valence-corrected chi connectivity index (χ4v) is 2.82. The minimum Gasteiger partial charge on any atom is -0.385 e. The van der Waals surface area contributed by atoms with Crippen LogP contribution in [-0.4, -0.2) is 37.4 Å². The molecule has 1 aromatic heterocycles. The first-order valence-electron chi connectivity index (χ1n) is 8.92. The lowest BCUT2D eigenvalue weighted by atomic mass is 10.0. The average Bonchev–Trinajstić information content (AvgIpc) is 3.23. The van der Waals surface area contributed by atoms with Crippen LogP contribution in [0, 0.1) is 5.82 Å². The second-order valence-electron chi connectivity index (χ2n) is 6.54. The zero-order valence-corrected chi connectivity index (χ0v) is 16.6. The van der Waals surface area contributed by atoms with E-state index in [2.05, 4.69) is 5.16 Å². The van der Waals surface area contributed by atoms with Gasteiger partial charge in [0.2, 0.25) is 0 Å². The van der Waals surface area contributed by atoms with E-state index in [-0.39, 0.29) is 11.7 Å². The topological polar surface area (TPSA) is 79.0 Å². The van der Waals surface area contributed by atoms with Crippen molar-refractivity contribution in [2.75, 3.05) is 31.2 Å². The van der Waals surface area contributed by atoms with Crippen LogP contribution in [0.25, 0.3) is 11.3 Å². The van der Waals surface area contributed by atoms with Gasteiger partial charge in [0.25, 0.3) is 5.91 Å². The summed E-state index contributed by atoms with van der Waals surface area (Å²) in [6, 6.07) is 12.5. The average molecular weight is 399 g/mol. The Morgan fingerprint density at radius 3 is 2.45 bits per heavy atom. The van der Waals surface area contributed by atoms with Gasteiger partial charge in [-0.05, 0) is 43.3 Å². The van der Waals surface area contributed by atoms with E-state index in [0.717, 1.165) is 0 Å². The molecule has 2 aromatic carbocycles. The van der Waals surface area contributed by atoms with Crippen molar-refractivity contribution in [1.82, 2.24) is 5.16 Å². The fourth-order valence-electron chi connectivity index (χ4n) is 2.82. The number of rotatable bonds is 6. The zero-order chi connectivity index (χ0) is 21.1. The summed E-state index contributed by atoms with van der Waals surface area (Å²) >= 11 is 0. The highest BCUT2D eigenvalue weighted by Gasteiger charge is 2.21. The highest BCUT2D eigenvalue weighted by Crippen LogP contribution is 2.30. The molecule has 0 aliphatic rings. The van der Waals surface area contributed by atoms with Gasteiger partial charge in [0.15, 0.2) is 5.76 Å². The molecule has 152 valence electrons. The molecule has 1 N–H and O–H groups in total. The van der Waals surface area contributed by atoms with Crippen LogP contribution >= 0.6 is 0 Å². The largest absolute Gasteiger partial charge is 0.385 e. The number of hydrogen-bond acceptors (Lipinski definition) is 6.